The highest BCUT2D eigenvalue weighted by atomic mass is 28.3. The van der Waals surface area contributed by atoms with Crippen LogP contribution in [0.3, 0.4) is 0 Å². The van der Waals surface area contributed by atoms with E-state index in [2.05, 4.69) is 58.0 Å². The van der Waals surface area contributed by atoms with Gasteiger partial charge in [-0.05, 0) is 61.0 Å². The van der Waals surface area contributed by atoms with Gasteiger partial charge in [0.25, 0.3) is 0 Å². The summed E-state index contributed by atoms with van der Waals surface area (Å²) in [7, 11) is 0.776. The lowest BCUT2D eigenvalue weighted by Gasteiger charge is -2.38. The fourth-order valence-electron chi connectivity index (χ4n) is 8.69. The zero-order valence-electron chi connectivity index (χ0n) is 32.1. The highest BCUT2D eigenvalue weighted by molar-refractivity contribution is 6.90. The molecule has 0 spiro atoms. The minimum atomic E-state index is -2.27. The van der Waals surface area contributed by atoms with Gasteiger partial charge >= 0.3 is 11.8 Å². The van der Waals surface area contributed by atoms with Gasteiger partial charge in [-0.15, -0.1) is 5.54 Å². The van der Waals surface area contributed by atoms with E-state index in [0.717, 1.165) is 0 Å². The summed E-state index contributed by atoms with van der Waals surface area (Å²) in [4.78, 5) is 32.8. The number of pyridine rings is 1. The molecule has 3 heterocycles. The molecule has 0 bridgehead atoms. The summed E-state index contributed by atoms with van der Waals surface area (Å²) >= 11 is 0. The third-order valence-corrected chi connectivity index (χ3v) is 17.4. The number of carbonyl (C=O) groups is 1. The number of aryl methyl sites for hydroxylation is 1. The number of nitrogens with zero attached hydrogens (tertiary/aromatic N) is 4. The zero-order chi connectivity index (χ0) is 38.0. The SMILES string of the molecule is COCOc1cc(-c2ncc3c(c2F)n(C)c(=O)n3C2[C@H]3CN(C(=O)OC(C)(C)C)C[C@@H]23)c2c(C#C[Si](C(C)C)(C(C)C)C(C)C)c(F)ccc2c1. The number of ether oxygens (including phenoxy) is 3. The summed E-state index contributed by atoms with van der Waals surface area (Å²) in [5, 5.41) is 1.03. The van der Waals surface area contributed by atoms with E-state index in [0.29, 0.717) is 57.3 Å². The van der Waals surface area contributed by atoms with Gasteiger partial charge in [0.15, 0.2) is 12.6 Å². The van der Waals surface area contributed by atoms with Crippen molar-refractivity contribution in [2.24, 2.45) is 18.9 Å². The van der Waals surface area contributed by atoms with Crippen molar-refractivity contribution in [2.75, 3.05) is 27.0 Å². The molecule has 1 unspecified atom stereocenters. The van der Waals surface area contributed by atoms with Crippen molar-refractivity contribution in [3.63, 3.8) is 0 Å². The first-order chi connectivity index (χ1) is 24.4. The second kappa shape index (κ2) is 13.6. The number of benzene rings is 2. The van der Waals surface area contributed by atoms with Gasteiger partial charge < -0.3 is 19.1 Å². The molecule has 1 aliphatic heterocycles. The Labute approximate surface area is 305 Å². The average Bonchev–Trinajstić information content (AvgIpc) is 3.38. The number of rotatable bonds is 8. The Hall–Kier alpha value is -4.21. The predicted octanol–water partition coefficient (Wildman–Crippen LogP) is 8.42. The Balaban J connectivity index is 1.49. The van der Waals surface area contributed by atoms with Crippen molar-refractivity contribution in [2.45, 2.75) is 90.6 Å². The summed E-state index contributed by atoms with van der Waals surface area (Å²) in [6.07, 6.45) is 1.14. The van der Waals surface area contributed by atoms with Gasteiger partial charge in [-0.2, -0.15) is 0 Å². The van der Waals surface area contributed by atoms with Crippen LogP contribution in [-0.2, 0) is 16.5 Å². The first-order valence-corrected chi connectivity index (χ1v) is 20.3. The molecule has 4 aromatic rings. The van der Waals surface area contributed by atoms with Crippen LogP contribution in [-0.4, -0.2) is 65.8 Å². The van der Waals surface area contributed by atoms with Gasteiger partial charge in [0.2, 0.25) is 0 Å². The number of imidazole rings is 1. The van der Waals surface area contributed by atoms with Crippen molar-refractivity contribution < 1.29 is 27.8 Å². The van der Waals surface area contributed by atoms with Crippen LogP contribution in [0.5, 0.6) is 5.75 Å². The lowest BCUT2D eigenvalue weighted by atomic mass is 9.96. The van der Waals surface area contributed by atoms with Crippen LogP contribution in [0.25, 0.3) is 33.1 Å². The highest BCUT2D eigenvalue weighted by Crippen LogP contribution is 2.56. The Kier molecular flexibility index (Phi) is 9.85. The molecule has 1 saturated carbocycles. The van der Waals surface area contributed by atoms with Crippen LogP contribution in [0.1, 0.15) is 73.9 Å². The predicted molar refractivity (Wildman–Crippen MR) is 202 cm³/mol. The molecule has 9 nitrogen and oxygen atoms in total. The Bertz CT molecular complexity index is 2140. The second-order valence-corrected chi connectivity index (χ2v) is 21.8. The zero-order valence-corrected chi connectivity index (χ0v) is 33.1. The van der Waals surface area contributed by atoms with Crippen LogP contribution in [0.2, 0.25) is 16.6 Å². The molecule has 2 aliphatic rings. The largest absolute Gasteiger partial charge is 0.468 e. The number of fused-ring (bicyclic) bond motifs is 3. The molecular formula is C40H50F2N4O5Si. The number of hydrogen-bond acceptors (Lipinski definition) is 6. The summed E-state index contributed by atoms with van der Waals surface area (Å²) in [5.41, 5.74) is 4.51. The van der Waals surface area contributed by atoms with E-state index >= 15 is 8.78 Å². The molecule has 1 saturated heterocycles. The van der Waals surface area contributed by atoms with Crippen LogP contribution in [0.15, 0.2) is 35.3 Å². The first kappa shape index (κ1) is 37.5. The molecule has 12 heteroatoms. The van der Waals surface area contributed by atoms with E-state index in [1.807, 2.05) is 20.8 Å². The molecule has 1 amide bonds. The second-order valence-electron chi connectivity index (χ2n) is 16.3. The standard InChI is InChI=1S/C40H50F2N4O5Si/c1-22(2)52(23(3)4,24(5)6)15-14-27-31(41)13-12-25-16-26(50-21-49-11)17-28(33(25)27)35-34(42)37-32(18-43-35)46(38(47)44(37)10)36-29-19-45(20-30(29)36)39(48)51-40(7,8)9/h12-13,16-18,22-24,29-30,36H,19-21H2,1-11H3/t29-,30+,36?. The van der Waals surface area contributed by atoms with Gasteiger partial charge in [0.1, 0.15) is 36.5 Å². The smallest absolute Gasteiger partial charge is 0.410 e. The van der Waals surface area contributed by atoms with Crippen molar-refractivity contribution in [3.05, 3.63) is 58.1 Å². The number of methoxy groups -OCH3 is 1. The van der Waals surface area contributed by atoms with Crippen molar-refractivity contribution in [1.82, 2.24) is 19.0 Å². The first-order valence-electron chi connectivity index (χ1n) is 18.1. The summed E-state index contributed by atoms with van der Waals surface area (Å²) in [6.45, 7) is 19.5. The Morgan fingerprint density at radius 1 is 1.04 bits per heavy atom. The number of amides is 1. The van der Waals surface area contributed by atoms with E-state index in [4.69, 9.17) is 14.2 Å². The van der Waals surface area contributed by atoms with E-state index in [-0.39, 0.29) is 53.2 Å². The minimum absolute atomic E-state index is 0.0411. The lowest BCUT2D eigenvalue weighted by molar-refractivity contribution is 0.0266. The summed E-state index contributed by atoms with van der Waals surface area (Å²) < 4.78 is 52.5. The lowest BCUT2D eigenvalue weighted by Crippen LogP contribution is -2.43. The Morgan fingerprint density at radius 2 is 1.67 bits per heavy atom. The average molecular weight is 733 g/mol. The van der Waals surface area contributed by atoms with Crippen LogP contribution in [0, 0.1) is 34.9 Å². The van der Waals surface area contributed by atoms with Crippen molar-refractivity contribution >= 4 is 36.0 Å². The third kappa shape index (κ3) is 6.30. The molecule has 2 aromatic carbocycles. The molecule has 278 valence electrons. The molecule has 3 atom stereocenters. The summed E-state index contributed by atoms with van der Waals surface area (Å²) in [6, 6.07) is 6.21. The van der Waals surface area contributed by atoms with Gasteiger partial charge in [0.05, 0.1) is 17.3 Å². The van der Waals surface area contributed by atoms with Crippen LogP contribution < -0.4 is 10.4 Å². The maximum atomic E-state index is 17.1. The fourth-order valence-corrected chi connectivity index (χ4v) is 13.9. The fraction of sp³-hybridized carbons (Fsp3) is 0.525. The monoisotopic (exact) mass is 732 g/mol. The van der Waals surface area contributed by atoms with Crippen molar-refractivity contribution in [3.8, 4) is 28.5 Å². The molecule has 6 rings (SSSR count). The number of piperidine rings is 1. The van der Waals surface area contributed by atoms with E-state index < -0.39 is 25.3 Å². The molecule has 52 heavy (non-hydrogen) atoms. The van der Waals surface area contributed by atoms with Crippen LogP contribution >= 0.6 is 0 Å². The minimum Gasteiger partial charge on any atom is -0.468 e. The normalized spacial score (nSPS) is 18.8. The van der Waals surface area contributed by atoms with Crippen molar-refractivity contribution in [1.29, 1.82) is 0 Å². The van der Waals surface area contributed by atoms with E-state index in [1.54, 1.807) is 34.7 Å². The molecule has 0 N–H and O–H groups in total. The van der Waals surface area contributed by atoms with Crippen LogP contribution in [0.4, 0.5) is 13.6 Å². The van der Waals surface area contributed by atoms with Gasteiger partial charge in [-0.1, -0.05) is 53.5 Å². The van der Waals surface area contributed by atoms with E-state index in [1.165, 1.54) is 23.9 Å². The maximum absolute atomic E-state index is 17.1. The highest BCUT2D eigenvalue weighted by Gasteiger charge is 2.59. The number of carbonyl (C=O) groups excluding carboxylic acids is 1. The number of aromatic nitrogens is 3. The quantitative estimate of drug-likeness (QED) is 0.103. The topological polar surface area (TPSA) is 87.8 Å². The van der Waals surface area contributed by atoms with Gasteiger partial charge in [0, 0.05) is 56.1 Å². The third-order valence-electron chi connectivity index (χ3n) is 11.1. The number of likely N-dealkylation sites (tertiary alicyclic amines) is 1. The summed E-state index contributed by atoms with van der Waals surface area (Å²) in [5.74, 6) is 2.54. The molecule has 2 aromatic heterocycles. The molecular weight excluding hydrogens is 683 g/mol. The number of hydrogen-bond donors (Lipinski definition) is 0. The van der Waals surface area contributed by atoms with Gasteiger partial charge in [-0.3, -0.25) is 14.1 Å². The van der Waals surface area contributed by atoms with E-state index in [9.17, 15) is 9.59 Å². The molecule has 2 fully saturated rings. The Morgan fingerprint density at radius 3 is 2.25 bits per heavy atom. The molecule has 1 aliphatic carbocycles. The molecule has 0 radical (unpaired) electrons. The number of halogens is 2. The maximum Gasteiger partial charge on any atom is 0.410 e. The van der Waals surface area contributed by atoms with Gasteiger partial charge in [-0.25, -0.2) is 18.4 Å².